The Kier molecular flexibility index (Phi) is 6.01. The molecule has 0 spiro atoms. The van der Waals surface area contributed by atoms with E-state index in [1.807, 2.05) is 36.4 Å². The highest BCUT2D eigenvalue weighted by Gasteiger charge is 2.23. The van der Waals surface area contributed by atoms with Crippen LogP contribution in [0.15, 0.2) is 42.5 Å². The van der Waals surface area contributed by atoms with Gasteiger partial charge in [0, 0.05) is 5.56 Å². The van der Waals surface area contributed by atoms with Crippen LogP contribution in [0.5, 0.6) is 11.5 Å². The van der Waals surface area contributed by atoms with Crippen LogP contribution in [0, 0.1) is 0 Å². The number of hydrogen-bond acceptors (Lipinski definition) is 5. The van der Waals surface area contributed by atoms with Crippen LogP contribution < -0.4 is 10.2 Å². The van der Waals surface area contributed by atoms with E-state index >= 15 is 0 Å². The number of rotatable bonds is 7. The van der Waals surface area contributed by atoms with E-state index in [0.29, 0.717) is 31.2 Å². The number of carbonyl (C=O) groups excluding carboxylic acids is 2. The zero-order valence-corrected chi connectivity index (χ0v) is 15.6. The third kappa shape index (κ3) is 4.81. The molecule has 1 heterocycles. The van der Waals surface area contributed by atoms with Crippen LogP contribution >= 0.6 is 0 Å². The first-order valence-corrected chi connectivity index (χ1v) is 8.96. The lowest BCUT2D eigenvalue weighted by atomic mass is 9.73. The number of ether oxygens (including phenoxy) is 3. The Morgan fingerprint density at radius 3 is 2.81 bits per heavy atom. The van der Waals surface area contributed by atoms with Crippen molar-refractivity contribution in [3.63, 3.8) is 0 Å². The van der Waals surface area contributed by atoms with E-state index < -0.39 is 0 Å². The molecule has 2 aromatic carbocycles. The molecule has 0 saturated carbocycles. The Morgan fingerprint density at radius 1 is 1.26 bits per heavy atom. The zero-order valence-electron chi connectivity index (χ0n) is 15.6. The first kappa shape index (κ1) is 18.8. The van der Waals surface area contributed by atoms with E-state index in [9.17, 15) is 9.59 Å². The van der Waals surface area contributed by atoms with Crippen molar-refractivity contribution in [2.45, 2.75) is 19.8 Å². The number of methoxy groups -OCH3 is 1. The fourth-order valence-corrected chi connectivity index (χ4v) is 2.94. The van der Waals surface area contributed by atoms with Crippen LogP contribution in [-0.4, -0.2) is 44.5 Å². The van der Waals surface area contributed by atoms with Gasteiger partial charge in [0.1, 0.15) is 18.1 Å². The Labute approximate surface area is 159 Å². The molecule has 0 bridgehead atoms. The molecule has 0 unspecified atom stereocenters. The number of esters is 1. The van der Waals surface area contributed by atoms with Crippen molar-refractivity contribution in [1.82, 2.24) is 4.90 Å². The second kappa shape index (κ2) is 8.62. The van der Waals surface area contributed by atoms with Crippen molar-refractivity contribution >= 4 is 24.8 Å². The molecule has 3 rings (SSSR count). The van der Waals surface area contributed by atoms with Crippen LogP contribution in [0.1, 0.15) is 11.1 Å². The third-order valence-corrected chi connectivity index (χ3v) is 4.44. The van der Waals surface area contributed by atoms with Crippen molar-refractivity contribution in [2.75, 3.05) is 20.3 Å². The summed E-state index contributed by atoms with van der Waals surface area (Å²) in [5.41, 5.74) is 2.91. The molecule has 0 atom stereocenters. The molecular formula is C20H22BNO5. The summed E-state index contributed by atoms with van der Waals surface area (Å²) in [6.07, 6.45) is -0.113. The molecule has 1 aliphatic rings. The van der Waals surface area contributed by atoms with Crippen LogP contribution in [0.4, 0.5) is 4.79 Å². The summed E-state index contributed by atoms with van der Waals surface area (Å²) in [5, 5.41) is 0. The number of benzene rings is 2. The minimum atomic E-state index is -0.303. The summed E-state index contributed by atoms with van der Waals surface area (Å²) in [6.45, 7) is 3.51. The molecular weight excluding hydrogens is 345 g/mol. The van der Waals surface area contributed by atoms with E-state index in [1.165, 1.54) is 12.6 Å². The first-order valence-electron chi connectivity index (χ1n) is 8.96. The largest absolute Gasteiger partial charge is 0.469 e. The normalized spacial score (nSPS) is 13.3. The molecule has 1 amide bonds. The molecule has 7 heteroatoms. The summed E-state index contributed by atoms with van der Waals surface area (Å²) in [5.74, 6) is 1.01. The fraction of sp³-hybridized carbons (Fsp3) is 0.300. The number of nitrogens with zero attached hydrogens (tertiary/aromatic N) is 1. The third-order valence-electron chi connectivity index (χ3n) is 4.44. The predicted molar refractivity (Wildman–Crippen MR) is 103 cm³/mol. The molecule has 0 N–H and O–H groups in total. The maximum absolute atomic E-state index is 11.8. The summed E-state index contributed by atoms with van der Waals surface area (Å²) < 4.78 is 15.8. The predicted octanol–water partition coefficient (Wildman–Crippen LogP) is 2.26. The van der Waals surface area contributed by atoms with Gasteiger partial charge in [-0.15, -0.1) is 0 Å². The maximum atomic E-state index is 11.8. The number of cyclic esters (lactones) is 1. The molecule has 1 aliphatic heterocycles. The first-order chi connectivity index (χ1) is 13.1. The van der Waals surface area contributed by atoms with Gasteiger partial charge in [0.2, 0.25) is 0 Å². The van der Waals surface area contributed by atoms with Crippen LogP contribution in [0.2, 0.25) is 6.82 Å². The quantitative estimate of drug-likeness (QED) is 0.555. The molecule has 27 heavy (non-hydrogen) atoms. The average molecular weight is 367 g/mol. The smallest absolute Gasteiger partial charge is 0.410 e. The van der Waals surface area contributed by atoms with Crippen molar-refractivity contribution in [3.05, 3.63) is 53.6 Å². The maximum Gasteiger partial charge on any atom is 0.410 e. The Hall–Kier alpha value is -2.96. The van der Waals surface area contributed by atoms with Crippen LogP contribution in [-0.2, 0) is 27.2 Å². The SMILES string of the molecule is CBc1ccc(Oc2cccc(CC(=O)OC)c2)c(CN2CCOC2=O)c1. The van der Waals surface area contributed by atoms with Gasteiger partial charge in [0.05, 0.1) is 26.6 Å². The van der Waals surface area contributed by atoms with Gasteiger partial charge in [0.15, 0.2) is 7.28 Å². The number of hydrogen-bond donors (Lipinski definition) is 0. The second-order valence-electron chi connectivity index (χ2n) is 6.33. The van der Waals surface area contributed by atoms with Gasteiger partial charge >= 0.3 is 12.1 Å². The van der Waals surface area contributed by atoms with Gasteiger partial charge in [-0.05, 0) is 23.8 Å². The van der Waals surface area contributed by atoms with Gasteiger partial charge in [-0.3, -0.25) is 4.79 Å². The lowest BCUT2D eigenvalue weighted by Crippen LogP contribution is -2.24. The number of amides is 1. The lowest BCUT2D eigenvalue weighted by Gasteiger charge is -2.17. The van der Waals surface area contributed by atoms with E-state index in [2.05, 4.69) is 12.9 Å². The molecule has 140 valence electrons. The molecule has 1 fully saturated rings. The van der Waals surface area contributed by atoms with Gasteiger partial charge in [-0.25, -0.2) is 4.79 Å². The molecule has 1 saturated heterocycles. The highest BCUT2D eigenvalue weighted by Crippen LogP contribution is 2.27. The van der Waals surface area contributed by atoms with E-state index in [4.69, 9.17) is 14.2 Å². The average Bonchev–Trinajstić information content (AvgIpc) is 3.08. The Morgan fingerprint density at radius 2 is 2.11 bits per heavy atom. The molecule has 0 aromatic heterocycles. The fourth-order valence-electron chi connectivity index (χ4n) is 2.94. The van der Waals surface area contributed by atoms with Gasteiger partial charge in [-0.1, -0.05) is 36.6 Å². The van der Waals surface area contributed by atoms with Gasteiger partial charge in [-0.2, -0.15) is 0 Å². The van der Waals surface area contributed by atoms with E-state index in [-0.39, 0.29) is 18.5 Å². The van der Waals surface area contributed by atoms with Crippen molar-refractivity contribution in [2.24, 2.45) is 0 Å². The van der Waals surface area contributed by atoms with Crippen LogP contribution in [0.3, 0.4) is 0 Å². The summed E-state index contributed by atoms with van der Waals surface area (Å²) in [7, 11) is 2.26. The standard InChI is InChI=1S/C20H22BNO5/c1-21-16-6-7-18(15(12-16)13-22-8-9-26-20(22)24)27-17-5-3-4-14(10-17)11-19(23)25-2/h3-7,10,12,21H,8-9,11,13H2,1-2H3. The van der Waals surface area contributed by atoms with Crippen molar-refractivity contribution in [1.29, 1.82) is 0 Å². The monoisotopic (exact) mass is 367 g/mol. The zero-order chi connectivity index (χ0) is 19.2. The van der Waals surface area contributed by atoms with E-state index in [0.717, 1.165) is 18.4 Å². The second-order valence-corrected chi connectivity index (χ2v) is 6.33. The highest BCUT2D eigenvalue weighted by atomic mass is 16.6. The minimum absolute atomic E-state index is 0.189. The van der Waals surface area contributed by atoms with Crippen LogP contribution in [0.25, 0.3) is 0 Å². The molecule has 2 aromatic rings. The summed E-state index contributed by atoms with van der Waals surface area (Å²) in [4.78, 5) is 24.9. The topological polar surface area (TPSA) is 65.1 Å². The molecule has 0 radical (unpaired) electrons. The van der Waals surface area contributed by atoms with Crippen molar-refractivity contribution < 1.29 is 23.8 Å². The Balaban J connectivity index is 1.82. The van der Waals surface area contributed by atoms with Gasteiger partial charge < -0.3 is 19.1 Å². The van der Waals surface area contributed by atoms with Crippen molar-refractivity contribution in [3.8, 4) is 11.5 Å². The Bertz CT molecular complexity index is 839. The minimum Gasteiger partial charge on any atom is -0.469 e. The van der Waals surface area contributed by atoms with Gasteiger partial charge in [0.25, 0.3) is 0 Å². The van der Waals surface area contributed by atoms with E-state index in [1.54, 1.807) is 4.90 Å². The summed E-state index contributed by atoms with van der Waals surface area (Å²) >= 11 is 0. The highest BCUT2D eigenvalue weighted by molar-refractivity contribution is 6.51. The molecule has 6 nitrogen and oxygen atoms in total. The number of carbonyl (C=O) groups is 2. The summed E-state index contributed by atoms with van der Waals surface area (Å²) in [6, 6.07) is 13.3. The lowest BCUT2D eigenvalue weighted by molar-refractivity contribution is -0.139. The molecule has 0 aliphatic carbocycles.